The molecule has 0 radical (unpaired) electrons. The molecule has 1 fully saturated rings. The fourth-order valence-electron chi connectivity index (χ4n) is 3.65. The van der Waals surface area contributed by atoms with Crippen LogP contribution in [-0.2, 0) is 11.8 Å². The number of fused-ring (bicyclic) bond motifs is 1. The number of carbonyl (C=O) groups excluding carboxylic acids is 1. The summed E-state index contributed by atoms with van der Waals surface area (Å²) >= 11 is 1.74. The molecule has 26 heavy (non-hydrogen) atoms. The van der Waals surface area contributed by atoms with Gasteiger partial charge in [-0.05, 0) is 45.4 Å². The van der Waals surface area contributed by atoms with Gasteiger partial charge in [0.15, 0.2) is 0 Å². The van der Waals surface area contributed by atoms with E-state index >= 15 is 0 Å². The van der Waals surface area contributed by atoms with E-state index in [-0.39, 0.29) is 11.9 Å². The number of hydrogen-bond donors (Lipinski definition) is 1. The standard InChI is InChI=1S/C19H23N5OS/c1-12-18(13(2)23(3)22-12)21-17(25)11-24-10-6-8-15(24)19-20-14-7-4-5-9-16(14)26-19/h4-5,7,9,15H,6,8,10-11H2,1-3H3,(H,21,25)/t15-/m0/s1. The number of anilines is 1. The van der Waals surface area contributed by atoms with Crippen LogP contribution in [0, 0.1) is 13.8 Å². The van der Waals surface area contributed by atoms with Crippen molar-refractivity contribution >= 4 is 33.1 Å². The van der Waals surface area contributed by atoms with Crippen molar-refractivity contribution in [2.75, 3.05) is 18.4 Å². The van der Waals surface area contributed by atoms with E-state index < -0.39 is 0 Å². The lowest BCUT2D eigenvalue weighted by Crippen LogP contribution is -2.33. The number of amides is 1. The first-order valence-corrected chi connectivity index (χ1v) is 9.74. The van der Waals surface area contributed by atoms with Gasteiger partial charge in [-0.3, -0.25) is 14.4 Å². The summed E-state index contributed by atoms with van der Waals surface area (Å²) < 4.78 is 3.01. The first-order chi connectivity index (χ1) is 12.5. The number of para-hydroxylation sites is 1. The molecule has 1 aliphatic rings. The van der Waals surface area contributed by atoms with Crippen LogP contribution in [0.25, 0.3) is 10.2 Å². The summed E-state index contributed by atoms with van der Waals surface area (Å²) in [4.78, 5) is 19.7. The number of benzene rings is 1. The van der Waals surface area contributed by atoms with Crippen LogP contribution in [0.5, 0.6) is 0 Å². The molecule has 1 amide bonds. The molecule has 6 nitrogen and oxygen atoms in total. The molecule has 3 heterocycles. The molecule has 0 bridgehead atoms. The molecule has 1 saturated heterocycles. The highest BCUT2D eigenvalue weighted by Crippen LogP contribution is 2.36. The van der Waals surface area contributed by atoms with Gasteiger partial charge in [0.05, 0.1) is 39.9 Å². The van der Waals surface area contributed by atoms with Crippen molar-refractivity contribution in [3.05, 3.63) is 40.7 Å². The van der Waals surface area contributed by atoms with Gasteiger partial charge in [-0.2, -0.15) is 5.10 Å². The van der Waals surface area contributed by atoms with Gasteiger partial charge in [0.1, 0.15) is 5.01 Å². The van der Waals surface area contributed by atoms with Gasteiger partial charge in [0, 0.05) is 7.05 Å². The SMILES string of the molecule is Cc1nn(C)c(C)c1NC(=O)CN1CCC[C@H]1c1nc2ccccc2s1. The highest BCUT2D eigenvalue weighted by molar-refractivity contribution is 7.18. The summed E-state index contributed by atoms with van der Waals surface area (Å²) in [6.07, 6.45) is 2.15. The maximum atomic E-state index is 12.6. The quantitative estimate of drug-likeness (QED) is 0.765. The highest BCUT2D eigenvalue weighted by Gasteiger charge is 2.30. The van der Waals surface area contributed by atoms with Crippen molar-refractivity contribution in [2.24, 2.45) is 7.05 Å². The topological polar surface area (TPSA) is 63.1 Å². The van der Waals surface area contributed by atoms with Crippen molar-refractivity contribution in [2.45, 2.75) is 32.7 Å². The molecule has 136 valence electrons. The van der Waals surface area contributed by atoms with Crippen molar-refractivity contribution in [1.82, 2.24) is 19.7 Å². The third-order valence-electron chi connectivity index (χ3n) is 5.08. The van der Waals surface area contributed by atoms with Crippen LogP contribution in [0.4, 0.5) is 5.69 Å². The minimum absolute atomic E-state index is 0.0113. The average molecular weight is 369 g/mol. The molecule has 0 unspecified atom stereocenters. The monoisotopic (exact) mass is 369 g/mol. The minimum atomic E-state index is 0.0113. The average Bonchev–Trinajstić information content (AvgIpc) is 3.29. The largest absolute Gasteiger partial charge is 0.322 e. The summed E-state index contributed by atoms with van der Waals surface area (Å²) in [5, 5.41) is 8.52. The van der Waals surface area contributed by atoms with Crippen molar-refractivity contribution in [3.63, 3.8) is 0 Å². The first-order valence-electron chi connectivity index (χ1n) is 8.92. The van der Waals surface area contributed by atoms with E-state index in [1.165, 1.54) is 4.70 Å². The van der Waals surface area contributed by atoms with E-state index in [2.05, 4.69) is 27.4 Å². The molecular weight excluding hydrogens is 346 g/mol. The lowest BCUT2D eigenvalue weighted by atomic mass is 10.2. The number of hydrogen-bond acceptors (Lipinski definition) is 5. The van der Waals surface area contributed by atoms with E-state index in [9.17, 15) is 4.79 Å². The molecule has 0 aliphatic carbocycles. The third-order valence-corrected chi connectivity index (χ3v) is 6.22. The Balaban J connectivity index is 1.49. The first kappa shape index (κ1) is 17.2. The zero-order valence-corrected chi connectivity index (χ0v) is 16.1. The lowest BCUT2D eigenvalue weighted by Gasteiger charge is -2.22. The van der Waals surface area contributed by atoms with Gasteiger partial charge >= 0.3 is 0 Å². The van der Waals surface area contributed by atoms with Gasteiger partial charge < -0.3 is 5.32 Å². The number of nitrogens with one attached hydrogen (secondary N) is 1. The summed E-state index contributed by atoms with van der Waals surface area (Å²) in [5.74, 6) is 0.0113. The lowest BCUT2D eigenvalue weighted by molar-refractivity contribution is -0.117. The Hall–Kier alpha value is -2.25. The number of aromatic nitrogens is 3. The Labute approximate surface area is 156 Å². The zero-order chi connectivity index (χ0) is 18.3. The predicted octanol–water partition coefficient (Wildman–Crippen LogP) is 3.42. The summed E-state index contributed by atoms with van der Waals surface area (Å²) in [6, 6.07) is 8.45. The van der Waals surface area contributed by atoms with Gasteiger partial charge in [0.25, 0.3) is 0 Å². The van der Waals surface area contributed by atoms with E-state index in [0.717, 1.165) is 47.0 Å². The highest BCUT2D eigenvalue weighted by atomic mass is 32.1. The number of carbonyl (C=O) groups is 1. The van der Waals surface area contributed by atoms with Gasteiger partial charge in [0.2, 0.25) is 5.91 Å². The second-order valence-electron chi connectivity index (χ2n) is 6.87. The smallest absolute Gasteiger partial charge is 0.238 e. The molecule has 1 aromatic carbocycles. The summed E-state index contributed by atoms with van der Waals surface area (Å²) in [7, 11) is 1.89. The van der Waals surface area contributed by atoms with Crippen LogP contribution in [0.15, 0.2) is 24.3 Å². The molecule has 3 aromatic rings. The summed E-state index contributed by atoms with van der Waals surface area (Å²) in [6.45, 7) is 5.20. The molecular formula is C19H23N5OS. The van der Waals surface area contributed by atoms with Gasteiger partial charge in [-0.15, -0.1) is 11.3 Å². The molecule has 2 aromatic heterocycles. The van der Waals surface area contributed by atoms with E-state index in [0.29, 0.717) is 6.54 Å². The number of nitrogens with zero attached hydrogens (tertiary/aromatic N) is 4. The van der Waals surface area contributed by atoms with Crippen LogP contribution in [0.3, 0.4) is 0 Å². The predicted molar refractivity (Wildman–Crippen MR) is 104 cm³/mol. The Kier molecular flexibility index (Phi) is 4.50. The molecule has 1 atom stereocenters. The maximum Gasteiger partial charge on any atom is 0.238 e. The number of thiazole rings is 1. The van der Waals surface area contributed by atoms with Crippen LogP contribution < -0.4 is 5.32 Å². The fraction of sp³-hybridized carbons (Fsp3) is 0.421. The number of rotatable bonds is 4. The molecule has 1 N–H and O–H groups in total. The van der Waals surface area contributed by atoms with Crippen LogP contribution in [-0.4, -0.2) is 38.7 Å². The molecule has 4 rings (SSSR count). The Morgan fingerprint density at radius 1 is 1.35 bits per heavy atom. The molecule has 0 spiro atoms. The Bertz CT molecular complexity index is 927. The second-order valence-corrected chi connectivity index (χ2v) is 7.93. The maximum absolute atomic E-state index is 12.6. The molecule has 0 saturated carbocycles. The number of aryl methyl sites for hydroxylation is 2. The van der Waals surface area contributed by atoms with Crippen LogP contribution >= 0.6 is 11.3 Å². The van der Waals surface area contributed by atoms with Crippen LogP contribution in [0.2, 0.25) is 0 Å². The zero-order valence-electron chi connectivity index (χ0n) is 15.3. The van der Waals surface area contributed by atoms with Crippen molar-refractivity contribution in [3.8, 4) is 0 Å². The Morgan fingerprint density at radius 3 is 2.88 bits per heavy atom. The van der Waals surface area contributed by atoms with Crippen LogP contribution in [0.1, 0.15) is 35.3 Å². The van der Waals surface area contributed by atoms with E-state index in [1.54, 1.807) is 16.0 Å². The van der Waals surface area contributed by atoms with Crippen molar-refractivity contribution in [1.29, 1.82) is 0 Å². The molecule has 7 heteroatoms. The Morgan fingerprint density at radius 2 is 2.15 bits per heavy atom. The van der Waals surface area contributed by atoms with Gasteiger partial charge in [-0.25, -0.2) is 4.98 Å². The number of likely N-dealkylation sites (tertiary alicyclic amines) is 1. The van der Waals surface area contributed by atoms with Crippen molar-refractivity contribution < 1.29 is 4.79 Å². The third kappa shape index (κ3) is 3.12. The minimum Gasteiger partial charge on any atom is -0.322 e. The second kappa shape index (κ2) is 6.81. The normalized spacial score (nSPS) is 17.9. The fourth-order valence-corrected chi connectivity index (χ4v) is 4.78. The van der Waals surface area contributed by atoms with E-state index in [4.69, 9.17) is 4.98 Å². The summed E-state index contributed by atoms with van der Waals surface area (Å²) in [5.41, 5.74) is 3.70. The van der Waals surface area contributed by atoms with Gasteiger partial charge in [-0.1, -0.05) is 12.1 Å². The van der Waals surface area contributed by atoms with E-state index in [1.807, 2.05) is 33.0 Å². The molecule has 1 aliphatic heterocycles.